The first-order valence-electron chi connectivity index (χ1n) is 13.2. The Morgan fingerprint density at radius 1 is 1.11 bits per heavy atom. The van der Waals surface area contributed by atoms with E-state index in [0.29, 0.717) is 25.3 Å². The van der Waals surface area contributed by atoms with Crippen LogP contribution in [0.5, 0.6) is 5.75 Å². The Kier molecular flexibility index (Phi) is 9.59. The summed E-state index contributed by atoms with van der Waals surface area (Å²) in [4.78, 5) is 22.3. The number of thiazole rings is 1. The third kappa shape index (κ3) is 6.63. The number of rotatable bonds is 12. The van der Waals surface area contributed by atoms with Gasteiger partial charge in [0.1, 0.15) is 11.3 Å². The summed E-state index contributed by atoms with van der Waals surface area (Å²) in [6.07, 6.45) is 1.73. The highest BCUT2D eigenvalue weighted by Crippen LogP contribution is 2.34. The summed E-state index contributed by atoms with van der Waals surface area (Å²) in [5, 5.41) is 3.97. The molecular weight excluding hydrogens is 522 g/mol. The van der Waals surface area contributed by atoms with Crippen molar-refractivity contribution >= 4 is 42.6 Å². The molecule has 1 fully saturated rings. The van der Waals surface area contributed by atoms with Crippen molar-refractivity contribution < 1.29 is 17.9 Å². The van der Waals surface area contributed by atoms with Gasteiger partial charge in [0.2, 0.25) is 10.0 Å². The highest BCUT2D eigenvalue weighted by Gasteiger charge is 2.22. The van der Waals surface area contributed by atoms with Crippen molar-refractivity contribution in [2.75, 3.05) is 64.4 Å². The number of fused-ring (bicyclic) bond motifs is 1. The van der Waals surface area contributed by atoms with Crippen LogP contribution in [0.2, 0.25) is 0 Å². The van der Waals surface area contributed by atoms with Crippen LogP contribution in [0.3, 0.4) is 0 Å². The van der Waals surface area contributed by atoms with E-state index in [4.69, 9.17) is 9.72 Å². The van der Waals surface area contributed by atoms with E-state index in [1.54, 1.807) is 30.5 Å². The van der Waals surface area contributed by atoms with Crippen molar-refractivity contribution in [3.63, 3.8) is 0 Å². The number of anilines is 1. The molecule has 9 nitrogen and oxygen atoms in total. The number of sulfonamides is 1. The smallest absolute Gasteiger partial charge is 0.251 e. The molecule has 2 heterocycles. The molecule has 1 saturated heterocycles. The molecule has 4 rings (SSSR count). The first-order valence-corrected chi connectivity index (χ1v) is 15.4. The van der Waals surface area contributed by atoms with Gasteiger partial charge >= 0.3 is 0 Å². The second kappa shape index (κ2) is 12.9. The lowest BCUT2D eigenvalue weighted by Gasteiger charge is -2.34. The van der Waals surface area contributed by atoms with Crippen molar-refractivity contribution in [2.24, 2.45) is 0 Å². The predicted octanol–water partition coefficient (Wildman–Crippen LogP) is 3.67. The molecule has 11 heteroatoms. The minimum atomic E-state index is -3.54. The Hall–Kier alpha value is -2.73. The number of carbonyl (C=O) groups excluding carboxylic acids is 1. The molecule has 0 radical (unpaired) electrons. The lowest BCUT2D eigenvalue weighted by molar-refractivity contribution is 0.0947. The lowest BCUT2D eigenvalue weighted by atomic mass is 10.2. The largest absolute Gasteiger partial charge is 0.492 e. The van der Waals surface area contributed by atoms with E-state index in [0.717, 1.165) is 66.7 Å². The monoisotopic (exact) mass is 559 g/mol. The Morgan fingerprint density at radius 2 is 1.84 bits per heavy atom. The maximum Gasteiger partial charge on any atom is 0.251 e. The highest BCUT2D eigenvalue weighted by atomic mass is 32.2. The number of amides is 1. The van der Waals surface area contributed by atoms with Crippen molar-refractivity contribution in [3.05, 3.63) is 48.0 Å². The topological polar surface area (TPSA) is 95.1 Å². The van der Waals surface area contributed by atoms with Gasteiger partial charge in [-0.1, -0.05) is 30.7 Å². The van der Waals surface area contributed by atoms with Crippen LogP contribution in [0.15, 0.2) is 47.4 Å². The summed E-state index contributed by atoms with van der Waals surface area (Å²) in [7, 11) is -1.96. The molecule has 1 aliphatic heterocycles. The van der Waals surface area contributed by atoms with Crippen LogP contribution in [0.4, 0.5) is 5.13 Å². The molecule has 0 spiro atoms. The quantitative estimate of drug-likeness (QED) is 0.362. The molecule has 1 amide bonds. The van der Waals surface area contributed by atoms with Gasteiger partial charge in [0.25, 0.3) is 5.91 Å². The molecule has 206 valence electrons. The van der Waals surface area contributed by atoms with E-state index in [1.807, 2.05) is 26.0 Å². The third-order valence-corrected chi connectivity index (χ3v) is 9.63. The van der Waals surface area contributed by atoms with Crippen LogP contribution in [0.25, 0.3) is 10.2 Å². The Bertz CT molecular complexity index is 1320. The maximum absolute atomic E-state index is 12.7. The molecule has 1 aliphatic rings. The highest BCUT2D eigenvalue weighted by molar-refractivity contribution is 7.89. The first-order chi connectivity index (χ1) is 18.3. The summed E-state index contributed by atoms with van der Waals surface area (Å²) in [5.74, 6) is 0.629. The second-order valence-electron chi connectivity index (χ2n) is 9.32. The number of benzene rings is 2. The van der Waals surface area contributed by atoms with E-state index in [9.17, 15) is 13.2 Å². The fourth-order valence-corrected chi connectivity index (χ4v) is 6.61. The van der Waals surface area contributed by atoms with Gasteiger partial charge in [0, 0.05) is 58.4 Å². The molecule has 38 heavy (non-hydrogen) atoms. The second-order valence-corrected chi connectivity index (χ2v) is 12.4. The molecule has 0 bridgehead atoms. The van der Waals surface area contributed by atoms with E-state index in [-0.39, 0.29) is 10.8 Å². The number of ether oxygens (including phenoxy) is 1. The minimum absolute atomic E-state index is 0.202. The van der Waals surface area contributed by atoms with Gasteiger partial charge < -0.3 is 15.0 Å². The molecule has 0 atom stereocenters. The number of nitrogens with one attached hydrogen (secondary N) is 1. The predicted molar refractivity (Wildman–Crippen MR) is 153 cm³/mol. The van der Waals surface area contributed by atoms with Crippen LogP contribution < -0.4 is 15.0 Å². The number of nitrogens with zero attached hydrogens (tertiary/aromatic N) is 4. The standard InChI is InChI=1S/C27H37N5O4S2/c1-4-6-15-30(3)38(34,35)22-12-10-21(11-13-22)26(33)28-14-16-31-17-19-32(20-18-31)27-29-25-23(36-5-2)8-7-9-24(25)37-27/h7-13H,4-6,14-20H2,1-3H3,(H,28,33). The summed E-state index contributed by atoms with van der Waals surface area (Å²) in [6, 6.07) is 12.2. The Morgan fingerprint density at radius 3 is 2.53 bits per heavy atom. The van der Waals surface area contributed by atoms with Gasteiger partial charge in [-0.2, -0.15) is 0 Å². The number of carbonyl (C=O) groups is 1. The zero-order chi connectivity index (χ0) is 27.1. The molecule has 0 aliphatic carbocycles. The van der Waals surface area contributed by atoms with Crippen molar-refractivity contribution in [1.29, 1.82) is 0 Å². The number of para-hydroxylation sites is 1. The lowest BCUT2D eigenvalue weighted by Crippen LogP contribution is -2.48. The zero-order valence-corrected chi connectivity index (χ0v) is 24.0. The van der Waals surface area contributed by atoms with Crippen LogP contribution in [0, 0.1) is 0 Å². The van der Waals surface area contributed by atoms with Crippen LogP contribution in [0.1, 0.15) is 37.0 Å². The van der Waals surface area contributed by atoms with Crippen molar-refractivity contribution in [2.45, 2.75) is 31.6 Å². The van der Waals surface area contributed by atoms with Gasteiger partial charge in [-0.05, 0) is 49.7 Å². The molecule has 0 saturated carbocycles. The number of hydrogen-bond donors (Lipinski definition) is 1. The van der Waals surface area contributed by atoms with Gasteiger partial charge in [-0.25, -0.2) is 17.7 Å². The molecule has 0 unspecified atom stereocenters. The van der Waals surface area contributed by atoms with Crippen LogP contribution >= 0.6 is 11.3 Å². The first kappa shape index (κ1) is 28.3. The average Bonchev–Trinajstić information content (AvgIpc) is 3.37. The maximum atomic E-state index is 12.7. The summed E-state index contributed by atoms with van der Waals surface area (Å²) in [6.45, 7) is 9.91. The summed E-state index contributed by atoms with van der Waals surface area (Å²) >= 11 is 1.69. The van der Waals surface area contributed by atoms with E-state index >= 15 is 0 Å². The Labute approximate surface area is 229 Å². The molecule has 3 aromatic rings. The number of piperazine rings is 1. The molecular formula is C27H37N5O4S2. The third-order valence-electron chi connectivity index (χ3n) is 6.68. The normalized spacial score (nSPS) is 14.8. The van der Waals surface area contributed by atoms with Gasteiger partial charge in [-0.15, -0.1) is 0 Å². The van der Waals surface area contributed by atoms with Gasteiger partial charge in [0.15, 0.2) is 5.13 Å². The van der Waals surface area contributed by atoms with Gasteiger partial charge in [0.05, 0.1) is 16.2 Å². The average molecular weight is 560 g/mol. The zero-order valence-electron chi connectivity index (χ0n) is 22.4. The molecule has 1 N–H and O–H groups in total. The SMILES string of the molecule is CCCCN(C)S(=O)(=O)c1ccc(C(=O)NCCN2CCN(c3nc4c(OCC)cccc4s3)CC2)cc1. The van der Waals surface area contributed by atoms with Crippen molar-refractivity contribution in [1.82, 2.24) is 19.5 Å². The van der Waals surface area contributed by atoms with E-state index in [1.165, 1.54) is 16.4 Å². The number of hydrogen-bond acceptors (Lipinski definition) is 8. The number of unbranched alkanes of at least 4 members (excludes halogenated alkanes) is 1. The van der Waals surface area contributed by atoms with Crippen LogP contribution in [-0.4, -0.2) is 88.0 Å². The molecule has 1 aromatic heterocycles. The van der Waals surface area contributed by atoms with Crippen LogP contribution in [-0.2, 0) is 10.0 Å². The van der Waals surface area contributed by atoms with Crippen molar-refractivity contribution in [3.8, 4) is 5.75 Å². The fourth-order valence-electron chi connectivity index (χ4n) is 4.37. The van der Waals surface area contributed by atoms with E-state index in [2.05, 4.69) is 21.2 Å². The summed E-state index contributed by atoms with van der Waals surface area (Å²) in [5.41, 5.74) is 1.38. The minimum Gasteiger partial charge on any atom is -0.492 e. The van der Waals surface area contributed by atoms with E-state index < -0.39 is 10.0 Å². The summed E-state index contributed by atoms with van der Waals surface area (Å²) < 4.78 is 33.6. The fraction of sp³-hybridized carbons (Fsp3) is 0.481. The van der Waals surface area contributed by atoms with Gasteiger partial charge in [-0.3, -0.25) is 9.69 Å². The number of aromatic nitrogens is 1. The molecule has 2 aromatic carbocycles. The Balaban J connectivity index is 1.24.